The minimum Gasteiger partial charge on any atom is -0.465 e. The van der Waals surface area contributed by atoms with E-state index in [0.29, 0.717) is 12.8 Å². The fourth-order valence-corrected chi connectivity index (χ4v) is 3.97. The van der Waals surface area contributed by atoms with Crippen LogP contribution in [0.15, 0.2) is 0 Å². The van der Waals surface area contributed by atoms with Gasteiger partial charge in [-0.25, -0.2) is 4.79 Å². The van der Waals surface area contributed by atoms with Crippen molar-refractivity contribution in [2.24, 2.45) is 11.8 Å². The number of esters is 3. The molecular weight excluding hydrogens is 438 g/mol. The van der Waals surface area contributed by atoms with Gasteiger partial charge in [-0.3, -0.25) is 14.4 Å². The molecule has 11 nitrogen and oxygen atoms in total. The van der Waals surface area contributed by atoms with E-state index in [-0.39, 0.29) is 25.7 Å². The first-order chi connectivity index (χ1) is 15.9. The quantitative estimate of drug-likeness (QED) is 0.214. The van der Waals surface area contributed by atoms with Crippen molar-refractivity contribution in [2.75, 3.05) is 40.6 Å². The van der Waals surface area contributed by atoms with E-state index in [0.717, 1.165) is 12.8 Å². The van der Waals surface area contributed by atoms with Crippen LogP contribution in [0.25, 0.3) is 0 Å². The van der Waals surface area contributed by atoms with E-state index in [1.807, 2.05) is 13.8 Å². The monoisotopic (exact) mass is 473 g/mol. The average Bonchev–Trinajstić information content (AvgIpc) is 3.35. The van der Waals surface area contributed by atoms with Gasteiger partial charge in [0.05, 0.1) is 13.2 Å². The minimum atomic E-state index is -0.989. The molecule has 1 amide bonds. The van der Waals surface area contributed by atoms with E-state index in [2.05, 4.69) is 5.32 Å². The zero-order valence-electron chi connectivity index (χ0n) is 19.7. The maximum absolute atomic E-state index is 12.9. The van der Waals surface area contributed by atoms with Crippen LogP contribution in [0.4, 0.5) is 0 Å². The molecule has 1 N–H and O–H groups in total. The van der Waals surface area contributed by atoms with Gasteiger partial charge in [-0.05, 0) is 12.8 Å². The van der Waals surface area contributed by atoms with Crippen LogP contribution in [0.5, 0.6) is 0 Å². The second kappa shape index (κ2) is 13.5. The van der Waals surface area contributed by atoms with Gasteiger partial charge in [-0.1, -0.05) is 26.7 Å². The van der Waals surface area contributed by atoms with Gasteiger partial charge < -0.3 is 33.7 Å². The molecule has 0 aromatic carbocycles. The van der Waals surface area contributed by atoms with Crippen molar-refractivity contribution >= 4 is 23.8 Å². The van der Waals surface area contributed by atoms with Crippen molar-refractivity contribution in [1.82, 2.24) is 5.32 Å². The van der Waals surface area contributed by atoms with Gasteiger partial charge >= 0.3 is 17.9 Å². The van der Waals surface area contributed by atoms with Crippen molar-refractivity contribution in [1.29, 1.82) is 0 Å². The smallest absolute Gasteiger partial charge is 0.332 e. The second-order valence-electron chi connectivity index (χ2n) is 7.98. The van der Waals surface area contributed by atoms with E-state index >= 15 is 0 Å². The molecule has 6 atom stereocenters. The molecule has 2 saturated heterocycles. The van der Waals surface area contributed by atoms with Gasteiger partial charge in [0, 0.05) is 14.2 Å². The number of ether oxygens (including phenoxy) is 6. The fraction of sp³-hybridized carbons (Fsp3) is 0.818. The van der Waals surface area contributed by atoms with Crippen LogP contribution < -0.4 is 5.32 Å². The topological polar surface area (TPSA) is 136 Å². The van der Waals surface area contributed by atoms with Crippen molar-refractivity contribution in [3.05, 3.63) is 0 Å². The zero-order chi connectivity index (χ0) is 24.4. The Labute approximate surface area is 193 Å². The van der Waals surface area contributed by atoms with Crippen LogP contribution in [0.3, 0.4) is 0 Å². The average molecular weight is 474 g/mol. The van der Waals surface area contributed by atoms with E-state index in [9.17, 15) is 19.2 Å². The lowest BCUT2D eigenvalue weighted by atomic mass is 9.76. The zero-order valence-corrected chi connectivity index (χ0v) is 19.7. The Morgan fingerprint density at radius 1 is 0.848 bits per heavy atom. The van der Waals surface area contributed by atoms with Crippen molar-refractivity contribution in [3.8, 4) is 0 Å². The molecule has 0 aromatic heterocycles. The highest BCUT2D eigenvalue weighted by molar-refractivity contribution is 5.85. The number of hydrogen-bond acceptors (Lipinski definition) is 10. The molecule has 2 aliphatic heterocycles. The normalized spacial score (nSPS) is 27.8. The Kier molecular flexibility index (Phi) is 11.0. The molecule has 33 heavy (non-hydrogen) atoms. The summed E-state index contributed by atoms with van der Waals surface area (Å²) in [5, 5.41) is 2.37. The highest BCUT2D eigenvalue weighted by Crippen LogP contribution is 2.47. The number of hydrogen-bond donors (Lipinski definition) is 1. The van der Waals surface area contributed by atoms with Crippen molar-refractivity contribution in [3.63, 3.8) is 0 Å². The number of methoxy groups -OCH3 is 1. The first-order valence-electron chi connectivity index (χ1n) is 11.4. The summed E-state index contributed by atoms with van der Waals surface area (Å²) in [7, 11) is 2.86. The van der Waals surface area contributed by atoms with Gasteiger partial charge in [0.15, 0.2) is 6.10 Å². The Bertz CT molecular complexity index is 684. The number of fused-ring (bicyclic) bond motifs is 2. The van der Waals surface area contributed by atoms with Gasteiger partial charge in [-0.15, -0.1) is 0 Å². The van der Waals surface area contributed by atoms with Crippen LogP contribution >= 0.6 is 0 Å². The Hall–Kier alpha value is -2.24. The summed E-state index contributed by atoms with van der Waals surface area (Å²) in [5.41, 5.74) is 0. The third-order valence-corrected chi connectivity index (χ3v) is 5.68. The molecule has 0 aromatic rings. The summed E-state index contributed by atoms with van der Waals surface area (Å²) in [4.78, 5) is 49.3. The molecule has 2 fully saturated rings. The van der Waals surface area contributed by atoms with E-state index < -0.39 is 60.8 Å². The molecule has 188 valence electrons. The summed E-state index contributed by atoms with van der Waals surface area (Å²) in [6.45, 7) is 3.62. The molecule has 11 heteroatoms. The van der Waals surface area contributed by atoms with Gasteiger partial charge in [0.2, 0.25) is 5.91 Å². The Morgan fingerprint density at radius 2 is 1.39 bits per heavy atom. The fourth-order valence-electron chi connectivity index (χ4n) is 3.97. The molecule has 2 bridgehead atoms. The Morgan fingerprint density at radius 3 is 1.88 bits per heavy atom. The van der Waals surface area contributed by atoms with Gasteiger partial charge in [-0.2, -0.15) is 0 Å². The van der Waals surface area contributed by atoms with Crippen LogP contribution in [0.2, 0.25) is 0 Å². The highest BCUT2D eigenvalue weighted by atomic mass is 16.6. The molecular formula is C22H35NO10. The first-order valence-corrected chi connectivity index (χ1v) is 11.4. The van der Waals surface area contributed by atoms with Crippen LogP contribution in [-0.2, 0) is 47.6 Å². The lowest BCUT2D eigenvalue weighted by Gasteiger charge is -2.34. The lowest BCUT2D eigenvalue weighted by molar-refractivity contribution is -0.176. The van der Waals surface area contributed by atoms with Crippen molar-refractivity contribution in [2.45, 2.75) is 63.9 Å². The molecule has 4 unspecified atom stereocenters. The summed E-state index contributed by atoms with van der Waals surface area (Å²) in [6.07, 6.45) is -0.414. The summed E-state index contributed by atoms with van der Waals surface area (Å²) < 4.78 is 32.7. The molecule has 0 saturated carbocycles. The van der Waals surface area contributed by atoms with Crippen LogP contribution in [0, 0.1) is 11.8 Å². The van der Waals surface area contributed by atoms with E-state index in [1.165, 1.54) is 14.2 Å². The third kappa shape index (κ3) is 6.87. The summed E-state index contributed by atoms with van der Waals surface area (Å²) in [6, 6.07) is 0. The number of unbranched alkanes of at least 4 members (excludes halogenated alkanes) is 2. The molecule has 0 radical (unpaired) electrons. The standard InChI is InChI=1S/C22H35NO10/c1-5-7-9-30-21(26)15-16(22(27)31-10-8-6-2)18-20(19(28-4)17(15)33-18)32-14(25)12-29-11-13(24)23-3/h15-20H,5-12H2,1-4H3,(H,23,24)/t15?,16?,17-,18?,19+,20?/m0/s1. The van der Waals surface area contributed by atoms with Crippen LogP contribution in [-0.4, -0.2) is 88.8 Å². The minimum absolute atomic E-state index is 0.215. The van der Waals surface area contributed by atoms with Gasteiger partial charge in [0.25, 0.3) is 0 Å². The van der Waals surface area contributed by atoms with Gasteiger partial charge in [0.1, 0.15) is 43.4 Å². The Balaban J connectivity index is 2.12. The molecule has 0 aliphatic carbocycles. The second-order valence-corrected chi connectivity index (χ2v) is 7.98. The number of rotatable bonds is 14. The summed E-state index contributed by atoms with van der Waals surface area (Å²) >= 11 is 0. The summed E-state index contributed by atoms with van der Waals surface area (Å²) in [5.74, 6) is -4.21. The van der Waals surface area contributed by atoms with Crippen LogP contribution in [0.1, 0.15) is 39.5 Å². The predicted molar refractivity (Wildman–Crippen MR) is 113 cm³/mol. The first kappa shape index (κ1) is 27.0. The lowest BCUT2D eigenvalue weighted by Crippen LogP contribution is -2.54. The predicted octanol–water partition coefficient (Wildman–Crippen LogP) is 0.376. The number of carbonyl (C=O) groups is 4. The largest absolute Gasteiger partial charge is 0.465 e. The number of likely N-dealkylation sites (N-methyl/N-ethyl adjacent to an activating group) is 1. The maximum atomic E-state index is 12.9. The molecule has 0 spiro atoms. The molecule has 2 heterocycles. The SMILES string of the molecule is CCCCOC(=O)C1C2O[C@@H](C1C(=O)OCCCC)[C@@H](OC)C2OC(=O)COCC(=O)NC. The van der Waals surface area contributed by atoms with E-state index in [1.54, 1.807) is 0 Å². The third-order valence-electron chi connectivity index (χ3n) is 5.68. The molecule has 2 rings (SSSR count). The number of carbonyl (C=O) groups excluding carboxylic acids is 4. The highest BCUT2D eigenvalue weighted by Gasteiger charge is 2.67. The number of amides is 1. The van der Waals surface area contributed by atoms with E-state index in [4.69, 9.17) is 28.4 Å². The number of nitrogens with one attached hydrogen (secondary N) is 1. The maximum Gasteiger partial charge on any atom is 0.332 e. The molecule has 2 aliphatic rings. The van der Waals surface area contributed by atoms with Crippen molar-refractivity contribution < 1.29 is 47.6 Å².